The first-order valence-electron chi connectivity index (χ1n) is 7.94. The molecule has 0 fully saturated rings. The minimum absolute atomic E-state index is 0.142. The largest absolute Gasteiger partial charge is 0.497 e. The van der Waals surface area contributed by atoms with Crippen LogP contribution in [-0.2, 0) is 27.8 Å². The summed E-state index contributed by atoms with van der Waals surface area (Å²) in [5.74, 6) is 0.587. The predicted molar refractivity (Wildman–Crippen MR) is 97.7 cm³/mol. The fourth-order valence-electron chi connectivity index (χ4n) is 2.83. The van der Waals surface area contributed by atoms with Crippen LogP contribution < -0.4 is 14.4 Å². The highest BCUT2D eigenvalue weighted by Gasteiger charge is 2.30. The van der Waals surface area contributed by atoms with Crippen LogP contribution in [0.15, 0.2) is 34.5 Å². The molecule has 1 aromatic carbocycles. The van der Waals surface area contributed by atoms with E-state index in [0.717, 1.165) is 29.0 Å². The van der Waals surface area contributed by atoms with Crippen molar-refractivity contribution >= 4 is 33.0 Å². The van der Waals surface area contributed by atoms with E-state index in [0.29, 0.717) is 18.8 Å². The molecular formula is C17H20N2O4S2. The number of hydrogen-bond donors (Lipinski definition) is 1. The SMILES string of the molecule is COc1ccc2c(c1)CCCN2S(=O)(=O)c1ccc(CNC(C)=O)s1. The summed E-state index contributed by atoms with van der Waals surface area (Å²) in [5, 5.41) is 2.68. The topological polar surface area (TPSA) is 75.7 Å². The number of ether oxygens (including phenoxy) is 1. The Labute approximate surface area is 151 Å². The van der Waals surface area contributed by atoms with E-state index >= 15 is 0 Å². The van der Waals surface area contributed by atoms with Crippen LogP contribution in [0.3, 0.4) is 0 Å². The third-order valence-corrected chi connectivity index (χ3v) is 7.42. The molecule has 8 heteroatoms. The molecule has 2 heterocycles. The van der Waals surface area contributed by atoms with E-state index < -0.39 is 10.0 Å². The molecule has 0 saturated carbocycles. The van der Waals surface area contributed by atoms with Gasteiger partial charge in [0.1, 0.15) is 9.96 Å². The molecule has 2 aromatic rings. The van der Waals surface area contributed by atoms with Crippen LogP contribution in [0, 0.1) is 0 Å². The summed E-state index contributed by atoms with van der Waals surface area (Å²) in [6.07, 6.45) is 1.60. The number of hydrogen-bond acceptors (Lipinski definition) is 5. The van der Waals surface area contributed by atoms with Gasteiger partial charge in [-0.1, -0.05) is 0 Å². The zero-order valence-corrected chi connectivity index (χ0v) is 15.7. The number of carbonyl (C=O) groups excluding carboxylic acids is 1. The summed E-state index contributed by atoms with van der Waals surface area (Å²) in [7, 11) is -2.02. The van der Waals surface area contributed by atoms with Gasteiger partial charge in [-0.05, 0) is 48.7 Å². The summed E-state index contributed by atoms with van der Waals surface area (Å²) in [6.45, 7) is 2.23. The van der Waals surface area contributed by atoms with Crippen molar-refractivity contribution in [3.63, 3.8) is 0 Å². The van der Waals surface area contributed by atoms with Crippen LogP contribution in [0.1, 0.15) is 23.8 Å². The van der Waals surface area contributed by atoms with Gasteiger partial charge in [-0.2, -0.15) is 0 Å². The highest BCUT2D eigenvalue weighted by Crippen LogP contribution is 2.35. The van der Waals surface area contributed by atoms with Crippen molar-refractivity contribution in [1.29, 1.82) is 0 Å². The average Bonchev–Trinajstić information content (AvgIpc) is 3.08. The van der Waals surface area contributed by atoms with Gasteiger partial charge in [-0.25, -0.2) is 8.42 Å². The molecule has 0 radical (unpaired) electrons. The van der Waals surface area contributed by atoms with Crippen LogP contribution in [0.25, 0.3) is 0 Å². The number of anilines is 1. The van der Waals surface area contributed by atoms with E-state index in [4.69, 9.17) is 4.74 Å². The van der Waals surface area contributed by atoms with Gasteiger partial charge in [0.15, 0.2) is 0 Å². The summed E-state index contributed by atoms with van der Waals surface area (Å²) in [5.41, 5.74) is 1.69. The third kappa shape index (κ3) is 3.64. The fourth-order valence-corrected chi connectivity index (χ4v) is 5.78. The molecular weight excluding hydrogens is 360 g/mol. The first kappa shape index (κ1) is 17.8. The minimum Gasteiger partial charge on any atom is -0.497 e. The summed E-state index contributed by atoms with van der Waals surface area (Å²) in [6, 6.07) is 8.83. The van der Waals surface area contributed by atoms with Crippen LogP contribution >= 0.6 is 11.3 Å². The van der Waals surface area contributed by atoms with Gasteiger partial charge in [-0.15, -0.1) is 11.3 Å². The fraction of sp³-hybridized carbons (Fsp3) is 0.353. The van der Waals surface area contributed by atoms with Gasteiger partial charge in [0.2, 0.25) is 5.91 Å². The Balaban J connectivity index is 1.90. The Morgan fingerprint density at radius 2 is 2.12 bits per heavy atom. The number of amides is 1. The molecule has 25 heavy (non-hydrogen) atoms. The maximum Gasteiger partial charge on any atom is 0.273 e. The second-order valence-corrected chi connectivity index (χ2v) is 9.06. The number of fused-ring (bicyclic) bond motifs is 1. The third-order valence-electron chi connectivity index (χ3n) is 4.06. The highest BCUT2D eigenvalue weighted by atomic mass is 32.2. The first-order valence-corrected chi connectivity index (χ1v) is 10.2. The quantitative estimate of drug-likeness (QED) is 0.865. The van der Waals surface area contributed by atoms with Gasteiger partial charge in [0.25, 0.3) is 10.0 Å². The number of thiophene rings is 1. The first-order chi connectivity index (χ1) is 11.9. The second kappa shape index (κ2) is 7.05. The Hall–Kier alpha value is -2.06. The second-order valence-electron chi connectivity index (χ2n) is 5.81. The molecule has 0 atom stereocenters. The molecule has 0 aliphatic carbocycles. The number of nitrogens with one attached hydrogen (secondary N) is 1. The molecule has 1 N–H and O–H groups in total. The molecule has 1 aliphatic heterocycles. The van der Waals surface area contributed by atoms with E-state index in [2.05, 4.69) is 5.32 Å². The van der Waals surface area contributed by atoms with Crippen molar-refractivity contribution in [2.45, 2.75) is 30.5 Å². The van der Waals surface area contributed by atoms with Gasteiger partial charge >= 0.3 is 0 Å². The molecule has 0 unspecified atom stereocenters. The van der Waals surface area contributed by atoms with Gasteiger partial charge in [0.05, 0.1) is 19.3 Å². The van der Waals surface area contributed by atoms with Crippen LogP contribution in [-0.4, -0.2) is 28.0 Å². The zero-order chi connectivity index (χ0) is 18.0. The van der Waals surface area contributed by atoms with Crippen molar-refractivity contribution < 1.29 is 17.9 Å². The molecule has 0 spiro atoms. The number of benzene rings is 1. The van der Waals surface area contributed by atoms with Crippen molar-refractivity contribution in [2.24, 2.45) is 0 Å². The number of rotatable bonds is 5. The lowest BCUT2D eigenvalue weighted by molar-refractivity contribution is -0.119. The minimum atomic E-state index is -3.61. The molecule has 0 saturated heterocycles. The molecule has 6 nitrogen and oxygen atoms in total. The van der Waals surface area contributed by atoms with E-state index in [1.165, 1.54) is 22.6 Å². The standard InChI is InChI=1S/C17H20N2O4S2/c1-12(20)18-11-15-6-8-17(24-15)25(21,22)19-9-3-4-13-10-14(23-2)5-7-16(13)19/h5-8,10H,3-4,9,11H2,1-2H3,(H,18,20). The number of methoxy groups -OCH3 is 1. The molecule has 3 rings (SSSR count). The Bertz CT molecular complexity index is 890. The van der Waals surface area contributed by atoms with Crippen LogP contribution in [0.5, 0.6) is 5.75 Å². The van der Waals surface area contributed by atoms with Crippen molar-refractivity contribution in [1.82, 2.24) is 5.32 Å². The van der Waals surface area contributed by atoms with Crippen molar-refractivity contribution in [3.8, 4) is 5.75 Å². The van der Waals surface area contributed by atoms with Gasteiger partial charge in [0, 0.05) is 18.3 Å². The Morgan fingerprint density at radius 3 is 2.84 bits per heavy atom. The molecule has 1 amide bonds. The molecule has 1 aliphatic rings. The van der Waals surface area contributed by atoms with Crippen molar-refractivity contribution in [3.05, 3.63) is 40.8 Å². The lowest BCUT2D eigenvalue weighted by Crippen LogP contribution is -2.35. The average molecular weight is 380 g/mol. The summed E-state index contributed by atoms with van der Waals surface area (Å²) in [4.78, 5) is 11.8. The number of sulfonamides is 1. The zero-order valence-electron chi connectivity index (χ0n) is 14.1. The van der Waals surface area contributed by atoms with Crippen molar-refractivity contribution in [2.75, 3.05) is 18.0 Å². The maximum absolute atomic E-state index is 13.1. The number of aryl methyl sites for hydroxylation is 1. The van der Waals surface area contributed by atoms with Crippen LogP contribution in [0.2, 0.25) is 0 Å². The summed E-state index contributed by atoms with van der Waals surface area (Å²) < 4.78 is 33.1. The number of nitrogens with zero attached hydrogens (tertiary/aromatic N) is 1. The molecule has 134 valence electrons. The smallest absolute Gasteiger partial charge is 0.273 e. The van der Waals surface area contributed by atoms with E-state index in [1.807, 2.05) is 6.07 Å². The van der Waals surface area contributed by atoms with Gasteiger partial charge in [-0.3, -0.25) is 9.10 Å². The number of carbonyl (C=O) groups is 1. The highest BCUT2D eigenvalue weighted by molar-refractivity contribution is 7.94. The lowest BCUT2D eigenvalue weighted by atomic mass is 10.0. The maximum atomic E-state index is 13.1. The van der Waals surface area contributed by atoms with E-state index in [1.54, 1.807) is 31.4 Å². The predicted octanol–water partition coefficient (Wildman–Crippen LogP) is 2.53. The molecule has 0 bridgehead atoms. The normalized spacial score (nSPS) is 14.1. The monoisotopic (exact) mass is 380 g/mol. The molecule has 1 aromatic heterocycles. The lowest BCUT2D eigenvalue weighted by Gasteiger charge is -2.30. The van der Waals surface area contributed by atoms with E-state index in [-0.39, 0.29) is 10.1 Å². The Kier molecular flexibility index (Phi) is 5.01. The van der Waals surface area contributed by atoms with E-state index in [9.17, 15) is 13.2 Å². The van der Waals surface area contributed by atoms with Crippen LogP contribution in [0.4, 0.5) is 5.69 Å². The summed E-state index contributed by atoms with van der Waals surface area (Å²) >= 11 is 1.19. The van der Waals surface area contributed by atoms with Gasteiger partial charge < -0.3 is 10.1 Å². The Morgan fingerprint density at radius 1 is 1.32 bits per heavy atom.